The van der Waals surface area contributed by atoms with Gasteiger partial charge >= 0.3 is 0 Å². The maximum atomic E-state index is 4.45. The van der Waals surface area contributed by atoms with Crippen LogP contribution in [0.15, 0.2) is 65.3 Å². The monoisotopic (exact) mass is 424 g/mol. The van der Waals surface area contributed by atoms with E-state index in [9.17, 15) is 0 Å². The molecule has 0 saturated heterocycles. The highest BCUT2D eigenvalue weighted by Crippen LogP contribution is 2.30. The van der Waals surface area contributed by atoms with Gasteiger partial charge in [-0.05, 0) is 62.8 Å². The molecular weight excluding hydrogens is 415 g/mol. The molecule has 0 N–H and O–H groups in total. The van der Waals surface area contributed by atoms with Crippen LogP contribution in [0.25, 0.3) is 16.9 Å². The third kappa shape index (κ3) is 2.60. The molecule has 0 aliphatic heterocycles. The number of halogens is 2. The topological polar surface area (TPSA) is 17.8 Å². The zero-order chi connectivity index (χ0) is 13.2. The van der Waals surface area contributed by atoms with E-state index in [1.165, 1.54) is 3.57 Å². The number of benzene rings is 2. The number of nitrogens with zero attached hydrogens (tertiary/aromatic N) is 2. The Morgan fingerprint density at radius 3 is 2.32 bits per heavy atom. The first-order valence-corrected chi connectivity index (χ1v) is 7.68. The fourth-order valence-corrected chi connectivity index (χ4v) is 2.81. The SMILES string of the molecule is Brc1cnn(-c2ccccc2)c1-c1ccc(I)cc1. The summed E-state index contributed by atoms with van der Waals surface area (Å²) in [6.45, 7) is 0. The fraction of sp³-hybridized carbons (Fsp3) is 0. The van der Waals surface area contributed by atoms with Crippen molar-refractivity contribution in [3.8, 4) is 16.9 Å². The molecule has 19 heavy (non-hydrogen) atoms. The third-order valence-electron chi connectivity index (χ3n) is 2.84. The zero-order valence-electron chi connectivity index (χ0n) is 9.92. The van der Waals surface area contributed by atoms with Crippen LogP contribution in [-0.4, -0.2) is 9.78 Å². The molecule has 0 fully saturated rings. The summed E-state index contributed by atoms with van der Waals surface area (Å²) in [5.41, 5.74) is 3.28. The van der Waals surface area contributed by atoms with Gasteiger partial charge in [-0.15, -0.1) is 0 Å². The zero-order valence-corrected chi connectivity index (χ0v) is 13.7. The first-order valence-electron chi connectivity index (χ1n) is 5.80. The molecule has 94 valence electrons. The molecule has 4 heteroatoms. The van der Waals surface area contributed by atoms with E-state index in [1.54, 1.807) is 0 Å². The molecule has 0 amide bonds. The summed E-state index contributed by atoms with van der Waals surface area (Å²) in [5, 5.41) is 4.45. The molecule has 0 spiro atoms. The van der Waals surface area contributed by atoms with Gasteiger partial charge in [-0.25, -0.2) is 4.68 Å². The van der Waals surface area contributed by atoms with Gasteiger partial charge in [-0.2, -0.15) is 5.10 Å². The molecule has 0 saturated carbocycles. The van der Waals surface area contributed by atoms with Crippen molar-refractivity contribution in [2.75, 3.05) is 0 Å². The van der Waals surface area contributed by atoms with Crippen molar-refractivity contribution in [1.82, 2.24) is 9.78 Å². The lowest BCUT2D eigenvalue weighted by atomic mass is 10.1. The van der Waals surface area contributed by atoms with E-state index in [0.717, 1.165) is 21.4 Å². The highest BCUT2D eigenvalue weighted by Gasteiger charge is 2.12. The van der Waals surface area contributed by atoms with E-state index in [1.807, 2.05) is 29.1 Å². The van der Waals surface area contributed by atoms with Crippen LogP contribution in [-0.2, 0) is 0 Å². The molecule has 3 rings (SSSR count). The number of hydrogen-bond acceptors (Lipinski definition) is 1. The van der Waals surface area contributed by atoms with Crippen LogP contribution < -0.4 is 0 Å². The summed E-state index contributed by atoms with van der Waals surface area (Å²) in [7, 11) is 0. The minimum atomic E-state index is 0.998. The number of para-hydroxylation sites is 1. The van der Waals surface area contributed by atoms with Crippen molar-refractivity contribution in [3.63, 3.8) is 0 Å². The van der Waals surface area contributed by atoms with E-state index in [2.05, 4.69) is 80.0 Å². The summed E-state index contributed by atoms with van der Waals surface area (Å²) >= 11 is 5.89. The molecule has 0 aliphatic rings. The highest BCUT2D eigenvalue weighted by atomic mass is 127. The van der Waals surface area contributed by atoms with Crippen molar-refractivity contribution in [3.05, 3.63) is 68.8 Å². The van der Waals surface area contributed by atoms with Crippen LogP contribution >= 0.6 is 38.5 Å². The maximum absolute atomic E-state index is 4.45. The Balaban J connectivity index is 2.17. The minimum Gasteiger partial charge on any atom is -0.232 e. The lowest BCUT2D eigenvalue weighted by molar-refractivity contribution is 0.888. The predicted octanol–water partition coefficient (Wildman–Crippen LogP) is 4.91. The second-order valence-corrected chi connectivity index (χ2v) is 6.20. The fourth-order valence-electron chi connectivity index (χ4n) is 1.96. The molecule has 1 heterocycles. The van der Waals surface area contributed by atoms with E-state index >= 15 is 0 Å². The second-order valence-electron chi connectivity index (χ2n) is 4.10. The highest BCUT2D eigenvalue weighted by molar-refractivity contribution is 14.1. The van der Waals surface area contributed by atoms with Gasteiger partial charge in [-0.1, -0.05) is 30.3 Å². The molecule has 0 atom stereocenters. The third-order valence-corrected chi connectivity index (χ3v) is 4.14. The first-order chi connectivity index (χ1) is 9.25. The smallest absolute Gasteiger partial charge is 0.0883 e. The van der Waals surface area contributed by atoms with Gasteiger partial charge in [0, 0.05) is 9.13 Å². The number of hydrogen-bond donors (Lipinski definition) is 0. The van der Waals surface area contributed by atoms with Gasteiger partial charge in [-0.3, -0.25) is 0 Å². The molecule has 0 unspecified atom stereocenters. The maximum Gasteiger partial charge on any atom is 0.0883 e. The summed E-state index contributed by atoms with van der Waals surface area (Å²) in [5.74, 6) is 0. The first kappa shape index (κ1) is 12.9. The average molecular weight is 425 g/mol. The van der Waals surface area contributed by atoms with Crippen LogP contribution in [0.3, 0.4) is 0 Å². The largest absolute Gasteiger partial charge is 0.232 e. The van der Waals surface area contributed by atoms with Crippen molar-refractivity contribution in [2.45, 2.75) is 0 Å². The Morgan fingerprint density at radius 2 is 1.63 bits per heavy atom. The summed E-state index contributed by atoms with van der Waals surface area (Å²) in [6, 6.07) is 18.6. The minimum absolute atomic E-state index is 0.998. The van der Waals surface area contributed by atoms with E-state index in [0.29, 0.717) is 0 Å². The van der Waals surface area contributed by atoms with Crippen LogP contribution in [0.1, 0.15) is 0 Å². The van der Waals surface area contributed by atoms with Gasteiger partial charge in [0.1, 0.15) is 0 Å². The Labute approximate surface area is 133 Å². The number of rotatable bonds is 2. The Kier molecular flexibility index (Phi) is 3.70. The summed E-state index contributed by atoms with van der Waals surface area (Å²) < 4.78 is 4.17. The summed E-state index contributed by atoms with van der Waals surface area (Å²) in [6.07, 6.45) is 1.83. The lowest BCUT2D eigenvalue weighted by Crippen LogP contribution is -1.98. The number of aromatic nitrogens is 2. The average Bonchev–Trinajstić information content (AvgIpc) is 2.83. The quantitative estimate of drug-likeness (QED) is 0.534. The van der Waals surface area contributed by atoms with Crippen molar-refractivity contribution >= 4 is 38.5 Å². The lowest BCUT2D eigenvalue weighted by Gasteiger charge is -2.08. The van der Waals surface area contributed by atoms with Gasteiger partial charge in [0.05, 0.1) is 22.1 Å². The van der Waals surface area contributed by atoms with Crippen LogP contribution in [0, 0.1) is 3.57 Å². The van der Waals surface area contributed by atoms with Gasteiger partial charge in [0.25, 0.3) is 0 Å². The van der Waals surface area contributed by atoms with Gasteiger partial charge < -0.3 is 0 Å². The van der Waals surface area contributed by atoms with Crippen LogP contribution in [0.4, 0.5) is 0 Å². The standard InChI is InChI=1S/C15H10BrIN2/c16-14-10-18-19(13-4-2-1-3-5-13)15(14)11-6-8-12(17)9-7-11/h1-10H. The molecule has 2 aromatic carbocycles. The van der Waals surface area contributed by atoms with Crippen molar-refractivity contribution in [2.24, 2.45) is 0 Å². The molecule has 2 nitrogen and oxygen atoms in total. The van der Waals surface area contributed by atoms with Crippen molar-refractivity contribution in [1.29, 1.82) is 0 Å². The molecule has 3 aromatic rings. The molecule has 1 aromatic heterocycles. The van der Waals surface area contributed by atoms with E-state index in [4.69, 9.17) is 0 Å². The normalized spacial score (nSPS) is 10.6. The van der Waals surface area contributed by atoms with Gasteiger partial charge in [0.15, 0.2) is 0 Å². The summed E-state index contributed by atoms with van der Waals surface area (Å²) in [4.78, 5) is 0. The predicted molar refractivity (Wildman–Crippen MR) is 89.4 cm³/mol. The Hall–Kier alpha value is -1.14. The van der Waals surface area contributed by atoms with Gasteiger partial charge in [0.2, 0.25) is 0 Å². The Bertz CT molecular complexity index is 690. The molecule has 0 aliphatic carbocycles. The Morgan fingerprint density at radius 1 is 0.947 bits per heavy atom. The van der Waals surface area contributed by atoms with Crippen LogP contribution in [0.5, 0.6) is 0 Å². The van der Waals surface area contributed by atoms with Crippen LogP contribution in [0.2, 0.25) is 0 Å². The molecular formula is C15H10BrIN2. The molecule has 0 bridgehead atoms. The van der Waals surface area contributed by atoms with E-state index < -0.39 is 0 Å². The molecule has 0 radical (unpaired) electrons. The second kappa shape index (κ2) is 5.46. The van der Waals surface area contributed by atoms with E-state index in [-0.39, 0.29) is 0 Å². The van der Waals surface area contributed by atoms with Crippen molar-refractivity contribution < 1.29 is 0 Å².